The van der Waals surface area contributed by atoms with E-state index in [1.165, 1.54) is 22.4 Å². The molecule has 0 saturated heterocycles. The van der Waals surface area contributed by atoms with Gasteiger partial charge in [0.1, 0.15) is 0 Å². The van der Waals surface area contributed by atoms with Crippen molar-refractivity contribution in [2.45, 2.75) is 26.9 Å². The molecule has 2 nitrogen and oxygen atoms in total. The van der Waals surface area contributed by atoms with E-state index in [-0.39, 0.29) is 0 Å². The Morgan fingerprint density at radius 1 is 1.05 bits per heavy atom. The number of nitrogens with zero attached hydrogens (tertiary/aromatic N) is 1. The van der Waals surface area contributed by atoms with Gasteiger partial charge in [-0.15, -0.1) is 0 Å². The lowest BCUT2D eigenvalue weighted by molar-refractivity contribution is 0.722. The molecular weight excluding hydrogens is 244 g/mol. The zero-order valence-electron chi connectivity index (χ0n) is 12.7. The Morgan fingerprint density at radius 3 is 2.50 bits per heavy atom. The molecule has 0 saturated carbocycles. The number of hydrogen-bond acceptors (Lipinski definition) is 2. The average molecular weight is 268 g/mol. The van der Waals surface area contributed by atoms with Gasteiger partial charge in [-0.3, -0.25) is 0 Å². The number of rotatable bonds is 6. The number of anilines is 1. The summed E-state index contributed by atoms with van der Waals surface area (Å²) >= 11 is 0. The molecule has 0 fully saturated rings. The van der Waals surface area contributed by atoms with Crippen LogP contribution in [0, 0.1) is 6.92 Å². The van der Waals surface area contributed by atoms with Crippen LogP contribution in [-0.4, -0.2) is 13.6 Å². The lowest BCUT2D eigenvalue weighted by Gasteiger charge is -2.23. The molecule has 1 N–H and O–H groups in total. The van der Waals surface area contributed by atoms with Crippen molar-refractivity contribution in [3.63, 3.8) is 0 Å². The zero-order valence-corrected chi connectivity index (χ0v) is 12.7. The van der Waals surface area contributed by atoms with E-state index in [0.717, 1.165) is 19.6 Å². The summed E-state index contributed by atoms with van der Waals surface area (Å²) in [7, 11) is 2.16. The molecule has 0 aromatic heterocycles. The summed E-state index contributed by atoms with van der Waals surface area (Å²) in [5.41, 5.74) is 5.32. The number of hydrogen-bond donors (Lipinski definition) is 1. The highest BCUT2D eigenvalue weighted by atomic mass is 15.1. The lowest BCUT2D eigenvalue weighted by atomic mass is 10.1. The minimum absolute atomic E-state index is 0.923. The van der Waals surface area contributed by atoms with Crippen LogP contribution >= 0.6 is 0 Å². The molecule has 2 aromatic rings. The molecule has 2 heteroatoms. The fourth-order valence-electron chi connectivity index (χ4n) is 2.43. The summed E-state index contributed by atoms with van der Waals surface area (Å²) < 4.78 is 0. The number of aryl methyl sites for hydroxylation is 1. The fraction of sp³-hybridized carbons (Fsp3) is 0.333. The van der Waals surface area contributed by atoms with E-state index in [0.29, 0.717) is 0 Å². The van der Waals surface area contributed by atoms with Gasteiger partial charge >= 0.3 is 0 Å². The summed E-state index contributed by atoms with van der Waals surface area (Å²) in [6.45, 7) is 7.14. The van der Waals surface area contributed by atoms with Crippen LogP contribution in [0.1, 0.15) is 23.6 Å². The second kappa shape index (κ2) is 7.11. The molecule has 0 amide bonds. The van der Waals surface area contributed by atoms with Gasteiger partial charge in [0.05, 0.1) is 0 Å². The van der Waals surface area contributed by atoms with Gasteiger partial charge in [0.25, 0.3) is 0 Å². The van der Waals surface area contributed by atoms with E-state index < -0.39 is 0 Å². The molecule has 0 radical (unpaired) electrons. The van der Waals surface area contributed by atoms with Crippen LogP contribution in [-0.2, 0) is 13.1 Å². The first-order chi connectivity index (χ1) is 9.70. The van der Waals surface area contributed by atoms with Crippen molar-refractivity contribution in [3.05, 3.63) is 65.2 Å². The van der Waals surface area contributed by atoms with Crippen molar-refractivity contribution < 1.29 is 0 Å². The van der Waals surface area contributed by atoms with Crippen LogP contribution in [0.5, 0.6) is 0 Å². The van der Waals surface area contributed by atoms with Gasteiger partial charge in [-0.2, -0.15) is 0 Å². The maximum atomic E-state index is 3.42. The Hall–Kier alpha value is -1.80. The predicted octanol–water partition coefficient (Wildman–Crippen LogP) is 3.74. The first kappa shape index (κ1) is 14.6. The van der Waals surface area contributed by atoms with Crippen molar-refractivity contribution in [1.29, 1.82) is 0 Å². The SMILES string of the molecule is CCNCc1cc(C)ccc1N(C)Cc1ccccc1. The van der Waals surface area contributed by atoms with Crippen LogP contribution in [0.15, 0.2) is 48.5 Å². The predicted molar refractivity (Wildman–Crippen MR) is 87.1 cm³/mol. The Kier molecular flexibility index (Phi) is 5.19. The Balaban J connectivity index is 2.18. The molecule has 0 aliphatic rings. The largest absolute Gasteiger partial charge is 0.370 e. The number of nitrogens with one attached hydrogen (secondary N) is 1. The van der Waals surface area contributed by atoms with Gasteiger partial charge < -0.3 is 10.2 Å². The van der Waals surface area contributed by atoms with Crippen molar-refractivity contribution in [2.24, 2.45) is 0 Å². The van der Waals surface area contributed by atoms with E-state index in [2.05, 4.69) is 79.6 Å². The Bertz CT molecular complexity index is 534. The van der Waals surface area contributed by atoms with E-state index in [1.54, 1.807) is 0 Å². The van der Waals surface area contributed by atoms with Crippen molar-refractivity contribution >= 4 is 5.69 Å². The molecule has 106 valence electrons. The van der Waals surface area contributed by atoms with Crippen molar-refractivity contribution in [2.75, 3.05) is 18.5 Å². The van der Waals surface area contributed by atoms with E-state index in [1.807, 2.05) is 0 Å². The summed E-state index contributed by atoms with van der Waals surface area (Å²) in [6.07, 6.45) is 0. The molecule has 0 aliphatic heterocycles. The third-order valence-electron chi connectivity index (χ3n) is 3.47. The molecular formula is C18H24N2. The summed E-state index contributed by atoms with van der Waals surface area (Å²) in [6, 6.07) is 17.3. The molecule has 2 rings (SSSR count). The van der Waals surface area contributed by atoms with Gasteiger partial charge in [0.2, 0.25) is 0 Å². The minimum Gasteiger partial charge on any atom is -0.370 e. The van der Waals surface area contributed by atoms with Crippen LogP contribution < -0.4 is 10.2 Å². The molecule has 0 unspecified atom stereocenters. The quantitative estimate of drug-likeness (QED) is 0.858. The lowest BCUT2D eigenvalue weighted by Crippen LogP contribution is -2.20. The Labute approximate surface area is 122 Å². The third-order valence-corrected chi connectivity index (χ3v) is 3.47. The summed E-state index contributed by atoms with van der Waals surface area (Å²) in [5, 5.41) is 3.42. The Morgan fingerprint density at radius 2 is 1.80 bits per heavy atom. The molecule has 0 bridgehead atoms. The van der Waals surface area contributed by atoms with Gasteiger partial charge in [-0.1, -0.05) is 55.0 Å². The van der Waals surface area contributed by atoms with Gasteiger partial charge in [-0.05, 0) is 30.7 Å². The maximum absolute atomic E-state index is 3.42. The topological polar surface area (TPSA) is 15.3 Å². The highest BCUT2D eigenvalue weighted by Gasteiger charge is 2.08. The zero-order chi connectivity index (χ0) is 14.4. The molecule has 0 spiro atoms. The second-order valence-corrected chi connectivity index (χ2v) is 5.25. The highest BCUT2D eigenvalue weighted by Crippen LogP contribution is 2.22. The van der Waals surface area contributed by atoms with Crippen LogP contribution in [0.25, 0.3) is 0 Å². The van der Waals surface area contributed by atoms with Crippen LogP contribution in [0.2, 0.25) is 0 Å². The van der Waals surface area contributed by atoms with E-state index >= 15 is 0 Å². The van der Waals surface area contributed by atoms with Gasteiger partial charge in [0.15, 0.2) is 0 Å². The molecule has 0 atom stereocenters. The van der Waals surface area contributed by atoms with Gasteiger partial charge in [0, 0.05) is 25.8 Å². The monoisotopic (exact) mass is 268 g/mol. The maximum Gasteiger partial charge on any atom is 0.0426 e. The standard InChI is InChI=1S/C18H24N2/c1-4-19-13-17-12-15(2)10-11-18(17)20(3)14-16-8-6-5-7-9-16/h5-12,19H,4,13-14H2,1-3H3. The van der Waals surface area contributed by atoms with Gasteiger partial charge in [-0.25, -0.2) is 0 Å². The average Bonchev–Trinajstić information content (AvgIpc) is 2.46. The minimum atomic E-state index is 0.923. The molecule has 0 aliphatic carbocycles. The second-order valence-electron chi connectivity index (χ2n) is 5.25. The van der Waals surface area contributed by atoms with E-state index in [9.17, 15) is 0 Å². The summed E-state index contributed by atoms with van der Waals surface area (Å²) in [4.78, 5) is 2.32. The fourth-order valence-corrected chi connectivity index (χ4v) is 2.43. The third kappa shape index (κ3) is 3.84. The van der Waals surface area contributed by atoms with Crippen molar-refractivity contribution in [3.8, 4) is 0 Å². The van der Waals surface area contributed by atoms with Crippen LogP contribution in [0.4, 0.5) is 5.69 Å². The molecule has 20 heavy (non-hydrogen) atoms. The highest BCUT2D eigenvalue weighted by molar-refractivity contribution is 5.54. The normalized spacial score (nSPS) is 10.6. The van der Waals surface area contributed by atoms with E-state index in [4.69, 9.17) is 0 Å². The smallest absolute Gasteiger partial charge is 0.0426 e. The van der Waals surface area contributed by atoms with Crippen molar-refractivity contribution in [1.82, 2.24) is 5.32 Å². The molecule has 2 aromatic carbocycles. The summed E-state index contributed by atoms with van der Waals surface area (Å²) in [5.74, 6) is 0. The number of benzene rings is 2. The van der Waals surface area contributed by atoms with Crippen LogP contribution in [0.3, 0.4) is 0 Å². The first-order valence-electron chi connectivity index (χ1n) is 7.26. The molecule has 0 heterocycles. The first-order valence-corrected chi connectivity index (χ1v) is 7.26.